The van der Waals surface area contributed by atoms with Crippen LogP contribution >= 0.6 is 0 Å². The number of aromatic amines is 2. The van der Waals surface area contributed by atoms with Gasteiger partial charge in [-0.2, -0.15) is 0 Å². The standard InChI is InChI=1S/C14H10N4O/c19-12-4-2-1-3-8(12)11-7-9-13-10(5-6-15-13)16-14(9)18-17-11/h1-7,15,19H,(H,16,18). The van der Waals surface area contributed by atoms with Crippen LogP contribution in [0.5, 0.6) is 5.75 Å². The smallest absolute Gasteiger partial charge is 0.162 e. The van der Waals surface area contributed by atoms with Crippen molar-refractivity contribution in [3.8, 4) is 17.0 Å². The van der Waals surface area contributed by atoms with Crippen LogP contribution < -0.4 is 0 Å². The van der Waals surface area contributed by atoms with Crippen LogP contribution in [0.3, 0.4) is 0 Å². The molecule has 5 nitrogen and oxygen atoms in total. The van der Waals surface area contributed by atoms with E-state index in [9.17, 15) is 5.11 Å². The summed E-state index contributed by atoms with van der Waals surface area (Å²) in [4.78, 5) is 6.36. The number of hydrogen-bond acceptors (Lipinski definition) is 3. The number of phenols is 1. The van der Waals surface area contributed by atoms with Crippen LogP contribution in [-0.2, 0) is 0 Å². The summed E-state index contributed by atoms with van der Waals surface area (Å²) in [7, 11) is 0. The Morgan fingerprint density at radius 1 is 1.05 bits per heavy atom. The third-order valence-electron chi connectivity index (χ3n) is 3.24. The molecule has 0 saturated heterocycles. The maximum Gasteiger partial charge on any atom is 0.162 e. The highest BCUT2D eigenvalue weighted by Crippen LogP contribution is 2.30. The van der Waals surface area contributed by atoms with Gasteiger partial charge in [-0.3, -0.25) is 0 Å². The maximum atomic E-state index is 9.88. The molecule has 0 unspecified atom stereocenters. The van der Waals surface area contributed by atoms with Gasteiger partial charge in [-0.05, 0) is 24.3 Å². The summed E-state index contributed by atoms with van der Waals surface area (Å²) in [6.45, 7) is 0. The molecule has 3 heterocycles. The van der Waals surface area contributed by atoms with Gasteiger partial charge in [0.05, 0.1) is 16.7 Å². The van der Waals surface area contributed by atoms with Crippen LogP contribution in [0, 0.1) is 0 Å². The Hall–Kier alpha value is -2.82. The normalized spacial score (nSPS) is 11.4. The van der Waals surface area contributed by atoms with E-state index in [4.69, 9.17) is 0 Å². The van der Waals surface area contributed by atoms with Crippen molar-refractivity contribution >= 4 is 22.1 Å². The number of nitrogens with one attached hydrogen (secondary N) is 2. The van der Waals surface area contributed by atoms with Crippen molar-refractivity contribution in [2.24, 2.45) is 0 Å². The molecule has 3 aromatic heterocycles. The molecule has 1 aromatic carbocycles. The zero-order valence-electron chi connectivity index (χ0n) is 9.88. The van der Waals surface area contributed by atoms with Gasteiger partial charge in [0, 0.05) is 17.1 Å². The number of aromatic hydroxyl groups is 1. The Morgan fingerprint density at radius 2 is 1.95 bits per heavy atom. The summed E-state index contributed by atoms with van der Waals surface area (Å²) in [6.07, 6.45) is 1.88. The molecule has 0 radical (unpaired) electrons. The first-order valence-corrected chi connectivity index (χ1v) is 5.94. The highest BCUT2D eigenvalue weighted by molar-refractivity contribution is 6.04. The molecular formula is C14H10N4O. The van der Waals surface area contributed by atoms with Crippen molar-refractivity contribution in [2.75, 3.05) is 0 Å². The van der Waals surface area contributed by atoms with Crippen LogP contribution in [0.2, 0.25) is 0 Å². The fraction of sp³-hybridized carbons (Fsp3) is 0. The number of rotatable bonds is 1. The number of phenolic OH excluding ortho intramolecular Hbond substituents is 1. The molecule has 0 saturated carbocycles. The quantitative estimate of drug-likeness (QED) is 0.486. The summed E-state index contributed by atoms with van der Waals surface area (Å²) < 4.78 is 0. The molecule has 0 aliphatic rings. The summed E-state index contributed by atoms with van der Waals surface area (Å²) in [5.74, 6) is 0.203. The number of benzene rings is 1. The van der Waals surface area contributed by atoms with Gasteiger partial charge in [0.1, 0.15) is 5.75 Å². The molecule has 0 amide bonds. The first-order chi connectivity index (χ1) is 9.33. The molecule has 0 bridgehead atoms. The van der Waals surface area contributed by atoms with Gasteiger partial charge in [-0.15, -0.1) is 10.2 Å². The summed E-state index contributed by atoms with van der Waals surface area (Å²) >= 11 is 0. The van der Waals surface area contributed by atoms with E-state index in [1.54, 1.807) is 12.1 Å². The molecule has 0 aliphatic carbocycles. The maximum absolute atomic E-state index is 9.88. The highest BCUT2D eigenvalue weighted by Gasteiger charge is 2.11. The molecule has 19 heavy (non-hydrogen) atoms. The third kappa shape index (κ3) is 1.41. The molecule has 0 spiro atoms. The van der Waals surface area contributed by atoms with Crippen molar-refractivity contribution < 1.29 is 5.11 Å². The fourth-order valence-corrected chi connectivity index (χ4v) is 2.32. The number of nitrogens with zero attached hydrogens (tertiary/aromatic N) is 2. The zero-order valence-corrected chi connectivity index (χ0v) is 9.88. The Balaban J connectivity index is 2.03. The van der Waals surface area contributed by atoms with Gasteiger partial charge in [0.15, 0.2) is 5.65 Å². The first kappa shape index (κ1) is 10.1. The Morgan fingerprint density at radius 3 is 2.84 bits per heavy atom. The van der Waals surface area contributed by atoms with E-state index < -0.39 is 0 Å². The number of hydrogen-bond donors (Lipinski definition) is 3. The zero-order chi connectivity index (χ0) is 12.8. The van der Waals surface area contributed by atoms with Crippen LogP contribution in [0.15, 0.2) is 42.6 Å². The molecule has 5 heteroatoms. The van der Waals surface area contributed by atoms with E-state index in [1.807, 2.05) is 30.5 Å². The predicted molar refractivity (Wildman–Crippen MR) is 72.8 cm³/mol. The minimum atomic E-state index is 0.203. The van der Waals surface area contributed by atoms with Crippen molar-refractivity contribution in [3.63, 3.8) is 0 Å². The second-order valence-corrected chi connectivity index (χ2v) is 4.40. The Labute approximate surface area is 107 Å². The largest absolute Gasteiger partial charge is 0.507 e. The molecule has 0 fully saturated rings. The number of aromatic nitrogens is 4. The second-order valence-electron chi connectivity index (χ2n) is 4.40. The van der Waals surface area contributed by atoms with Crippen LogP contribution in [0.25, 0.3) is 33.3 Å². The number of fused-ring (bicyclic) bond motifs is 3. The van der Waals surface area contributed by atoms with Crippen molar-refractivity contribution in [3.05, 3.63) is 42.6 Å². The van der Waals surface area contributed by atoms with Gasteiger partial charge < -0.3 is 15.1 Å². The molecule has 4 rings (SSSR count). The Kier molecular flexibility index (Phi) is 1.91. The van der Waals surface area contributed by atoms with Crippen molar-refractivity contribution in [1.82, 2.24) is 20.2 Å². The second kappa shape index (κ2) is 3.58. The average molecular weight is 250 g/mol. The lowest BCUT2D eigenvalue weighted by atomic mass is 10.1. The minimum absolute atomic E-state index is 0.203. The van der Waals surface area contributed by atoms with Gasteiger partial charge in [0.25, 0.3) is 0 Å². The average Bonchev–Trinajstić information content (AvgIpc) is 2.99. The van der Waals surface area contributed by atoms with Crippen molar-refractivity contribution in [1.29, 1.82) is 0 Å². The van der Waals surface area contributed by atoms with Crippen molar-refractivity contribution in [2.45, 2.75) is 0 Å². The topological polar surface area (TPSA) is 77.6 Å². The summed E-state index contributed by atoms with van der Waals surface area (Å²) in [5, 5.41) is 19.2. The monoisotopic (exact) mass is 250 g/mol. The van der Waals surface area contributed by atoms with Crippen LogP contribution in [0.1, 0.15) is 0 Å². The van der Waals surface area contributed by atoms with Gasteiger partial charge in [-0.25, -0.2) is 0 Å². The fourth-order valence-electron chi connectivity index (χ4n) is 2.32. The lowest BCUT2D eigenvalue weighted by Crippen LogP contribution is -1.88. The highest BCUT2D eigenvalue weighted by atomic mass is 16.3. The van der Waals surface area contributed by atoms with Crippen LogP contribution in [0.4, 0.5) is 0 Å². The lowest BCUT2D eigenvalue weighted by molar-refractivity contribution is 0.477. The predicted octanol–water partition coefficient (Wildman–Crippen LogP) is 2.81. The number of H-pyrrole nitrogens is 2. The number of para-hydroxylation sites is 1. The third-order valence-corrected chi connectivity index (χ3v) is 3.24. The van der Waals surface area contributed by atoms with E-state index in [0.29, 0.717) is 11.3 Å². The molecule has 0 atom stereocenters. The van der Waals surface area contributed by atoms with E-state index in [1.165, 1.54) is 0 Å². The summed E-state index contributed by atoms with van der Waals surface area (Å²) in [6, 6.07) is 11.0. The van der Waals surface area contributed by atoms with E-state index >= 15 is 0 Å². The first-order valence-electron chi connectivity index (χ1n) is 5.94. The molecule has 0 aliphatic heterocycles. The van der Waals surface area contributed by atoms with E-state index in [2.05, 4.69) is 20.2 Å². The molecule has 3 N–H and O–H groups in total. The van der Waals surface area contributed by atoms with E-state index in [-0.39, 0.29) is 5.75 Å². The SMILES string of the molecule is Oc1ccccc1-c1cc2c(nn1)[nH]c1cc[nH]c12. The van der Waals surface area contributed by atoms with Crippen LogP contribution in [-0.4, -0.2) is 25.3 Å². The molecule has 92 valence electrons. The van der Waals surface area contributed by atoms with Gasteiger partial charge >= 0.3 is 0 Å². The van der Waals surface area contributed by atoms with Gasteiger partial charge in [0.2, 0.25) is 0 Å². The van der Waals surface area contributed by atoms with E-state index in [0.717, 1.165) is 22.1 Å². The Bertz CT molecular complexity index is 891. The van der Waals surface area contributed by atoms with Gasteiger partial charge in [-0.1, -0.05) is 12.1 Å². The minimum Gasteiger partial charge on any atom is -0.507 e. The molecule has 4 aromatic rings. The molecular weight excluding hydrogens is 240 g/mol. The lowest BCUT2D eigenvalue weighted by Gasteiger charge is -2.02. The summed E-state index contributed by atoms with van der Waals surface area (Å²) in [5.41, 5.74) is 4.07.